The highest BCUT2D eigenvalue weighted by molar-refractivity contribution is 6.52. The Kier molecular flexibility index (Phi) is 15.0. The molecule has 0 aromatic carbocycles. The van der Waals surface area contributed by atoms with E-state index in [9.17, 15) is 4.79 Å². The molecule has 0 aliphatic heterocycles. The second-order valence-corrected chi connectivity index (χ2v) is 6.83. The van der Waals surface area contributed by atoms with Crippen molar-refractivity contribution in [1.82, 2.24) is 0 Å². The second kappa shape index (κ2) is 15.0. The van der Waals surface area contributed by atoms with Gasteiger partial charge < -0.3 is 4.74 Å². The van der Waals surface area contributed by atoms with Crippen molar-refractivity contribution in [2.24, 2.45) is 0 Å². The molecule has 2 nitrogen and oxygen atoms in total. The van der Waals surface area contributed by atoms with E-state index in [1.807, 2.05) is 6.92 Å². The lowest BCUT2D eigenvalue weighted by molar-refractivity contribution is -0.147. The summed E-state index contributed by atoms with van der Waals surface area (Å²) in [5, 5.41) is 0. The summed E-state index contributed by atoms with van der Waals surface area (Å²) in [5.74, 6) is -0.516. The lowest BCUT2D eigenvalue weighted by Crippen LogP contribution is -2.21. The van der Waals surface area contributed by atoms with Gasteiger partial charge in [0, 0.05) is 0 Å². The van der Waals surface area contributed by atoms with Gasteiger partial charge in [0.15, 0.2) is 0 Å². The molecule has 1 atom stereocenters. The molecule has 1 unspecified atom stereocenters. The predicted molar refractivity (Wildman–Crippen MR) is 92.1 cm³/mol. The smallest absolute Gasteiger partial charge is 0.339 e. The van der Waals surface area contributed by atoms with E-state index in [1.165, 1.54) is 57.8 Å². The van der Waals surface area contributed by atoms with Crippen molar-refractivity contribution in [2.75, 3.05) is 0 Å². The fourth-order valence-corrected chi connectivity index (χ4v) is 2.52. The standard InChI is InChI=1S/C17H32Cl2O2/c1-3-5-6-7-8-9-10-11-12-13-14-15(4-2)21-17(20)16(18)19/h15-16H,3-14H2,1-2H3. The molecule has 0 saturated heterocycles. The summed E-state index contributed by atoms with van der Waals surface area (Å²) in [6.45, 7) is 4.27. The fraction of sp³-hybridized carbons (Fsp3) is 0.941. The summed E-state index contributed by atoms with van der Waals surface area (Å²) in [4.78, 5) is 10.2. The number of rotatable bonds is 14. The Bertz CT molecular complexity index is 245. The van der Waals surface area contributed by atoms with Crippen LogP contribution in [0.2, 0.25) is 0 Å². The van der Waals surface area contributed by atoms with E-state index in [2.05, 4.69) is 6.92 Å². The average molecular weight is 339 g/mol. The largest absolute Gasteiger partial charge is 0.460 e. The van der Waals surface area contributed by atoms with Crippen LogP contribution in [0.5, 0.6) is 0 Å². The van der Waals surface area contributed by atoms with Crippen molar-refractivity contribution in [2.45, 2.75) is 102 Å². The summed E-state index contributed by atoms with van der Waals surface area (Å²) in [7, 11) is 0. The van der Waals surface area contributed by atoms with Crippen molar-refractivity contribution in [1.29, 1.82) is 0 Å². The van der Waals surface area contributed by atoms with Crippen LogP contribution in [-0.4, -0.2) is 16.9 Å². The molecule has 0 amide bonds. The number of unbranched alkanes of at least 4 members (excludes halogenated alkanes) is 9. The van der Waals surface area contributed by atoms with Gasteiger partial charge >= 0.3 is 5.97 Å². The molecule has 126 valence electrons. The third-order valence-corrected chi connectivity index (χ3v) is 4.15. The number of ether oxygens (including phenoxy) is 1. The zero-order valence-corrected chi connectivity index (χ0v) is 15.2. The normalized spacial score (nSPS) is 12.6. The van der Waals surface area contributed by atoms with Crippen molar-refractivity contribution >= 4 is 29.2 Å². The molecule has 0 radical (unpaired) electrons. The Hall–Kier alpha value is 0.0500. The summed E-state index contributed by atoms with van der Waals surface area (Å²) in [6.07, 6.45) is 14.8. The van der Waals surface area contributed by atoms with Crippen LogP contribution >= 0.6 is 23.2 Å². The molecule has 0 bridgehead atoms. The van der Waals surface area contributed by atoms with E-state index in [0.29, 0.717) is 0 Å². The molecule has 0 aliphatic carbocycles. The van der Waals surface area contributed by atoms with Crippen LogP contribution in [0, 0.1) is 0 Å². The van der Waals surface area contributed by atoms with Crippen LogP contribution in [0.25, 0.3) is 0 Å². The maximum absolute atomic E-state index is 11.3. The zero-order chi connectivity index (χ0) is 15.9. The molecule has 0 heterocycles. The van der Waals surface area contributed by atoms with E-state index in [4.69, 9.17) is 27.9 Å². The van der Waals surface area contributed by atoms with Crippen molar-refractivity contribution in [3.05, 3.63) is 0 Å². The summed E-state index contributed by atoms with van der Waals surface area (Å²) >= 11 is 11.0. The molecular weight excluding hydrogens is 307 g/mol. The number of halogens is 2. The van der Waals surface area contributed by atoms with Crippen LogP contribution < -0.4 is 0 Å². The van der Waals surface area contributed by atoms with E-state index in [1.54, 1.807) is 0 Å². The maximum atomic E-state index is 11.3. The molecule has 0 rings (SSSR count). The molecule has 0 fully saturated rings. The minimum atomic E-state index is -1.06. The number of carbonyl (C=O) groups is 1. The van der Waals surface area contributed by atoms with Gasteiger partial charge in [0.1, 0.15) is 6.10 Å². The van der Waals surface area contributed by atoms with Crippen LogP contribution in [0.3, 0.4) is 0 Å². The third-order valence-electron chi connectivity index (χ3n) is 3.80. The predicted octanol–water partition coefficient (Wildman–Crippen LogP) is 6.42. The number of alkyl halides is 2. The van der Waals surface area contributed by atoms with Gasteiger partial charge in [-0.3, -0.25) is 0 Å². The monoisotopic (exact) mass is 338 g/mol. The summed E-state index contributed by atoms with van der Waals surface area (Å²) < 4.78 is 5.24. The first-order valence-electron chi connectivity index (χ1n) is 8.60. The molecule has 4 heteroatoms. The quantitative estimate of drug-likeness (QED) is 0.207. The van der Waals surface area contributed by atoms with Gasteiger partial charge in [-0.05, 0) is 19.3 Å². The Balaban J connectivity index is 3.41. The zero-order valence-electron chi connectivity index (χ0n) is 13.7. The first-order valence-corrected chi connectivity index (χ1v) is 9.47. The average Bonchev–Trinajstić information content (AvgIpc) is 2.47. The fourth-order valence-electron chi connectivity index (χ4n) is 2.42. The summed E-state index contributed by atoms with van der Waals surface area (Å²) in [5.41, 5.74) is 0. The number of carbonyl (C=O) groups excluding carboxylic acids is 1. The van der Waals surface area contributed by atoms with Gasteiger partial charge in [0.2, 0.25) is 4.84 Å². The topological polar surface area (TPSA) is 26.3 Å². The van der Waals surface area contributed by atoms with Gasteiger partial charge in [0.05, 0.1) is 0 Å². The van der Waals surface area contributed by atoms with Crippen molar-refractivity contribution in [3.8, 4) is 0 Å². The number of hydrogen-bond acceptors (Lipinski definition) is 2. The minimum Gasteiger partial charge on any atom is -0.460 e. The molecule has 0 N–H and O–H groups in total. The van der Waals surface area contributed by atoms with E-state index in [0.717, 1.165) is 19.3 Å². The van der Waals surface area contributed by atoms with E-state index in [-0.39, 0.29) is 6.10 Å². The van der Waals surface area contributed by atoms with Gasteiger partial charge in [-0.25, -0.2) is 4.79 Å². The first-order chi connectivity index (χ1) is 10.1. The molecule has 0 aromatic rings. The van der Waals surface area contributed by atoms with Crippen LogP contribution in [-0.2, 0) is 9.53 Å². The van der Waals surface area contributed by atoms with Gasteiger partial charge in [0.25, 0.3) is 0 Å². The van der Waals surface area contributed by atoms with Crippen LogP contribution in [0.4, 0.5) is 0 Å². The van der Waals surface area contributed by atoms with Crippen LogP contribution in [0.1, 0.15) is 90.9 Å². The molecule has 0 spiro atoms. The Morgan fingerprint density at radius 3 is 1.76 bits per heavy atom. The highest BCUT2D eigenvalue weighted by Crippen LogP contribution is 2.16. The molecule has 0 aliphatic rings. The van der Waals surface area contributed by atoms with E-state index < -0.39 is 10.8 Å². The Labute approximate surface area is 140 Å². The second-order valence-electron chi connectivity index (χ2n) is 5.74. The summed E-state index contributed by atoms with van der Waals surface area (Å²) in [6, 6.07) is 0. The van der Waals surface area contributed by atoms with Crippen LogP contribution in [0.15, 0.2) is 0 Å². The van der Waals surface area contributed by atoms with Gasteiger partial charge in [-0.2, -0.15) is 0 Å². The van der Waals surface area contributed by atoms with Crippen molar-refractivity contribution in [3.63, 3.8) is 0 Å². The molecular formula is C17H32Cl2O2. The molecule has 0 aromatic heterocycles. The minimum absolute atomic E-state index is 0.0356. The van der Waals surface area contributed by atoms with Crippen molar-refractivity contribution < 1.29 is 9.53 Å². The lowest BCUT2D eigenvalue weighted by Gasteiger charge is -2.16. The highest BCUT2D eigenvalue weighted by Gasteiger charge is 2.17. The maximum Gasteiger partial charge on any atom is 0.339 e. The highest BCUT2D eigenvalue weighted by atomic mass is 35.5. The number of hydrogen-bond donors (Lipinski definition) is 0. The Morgan fingerprint density at radius 2 is 1.33 bits per heavy atom. The molecule has 21 heavy (non-hydrogen) atoms. The SMILES string of the molecule is CCCCCCCCCCCCC(CC)OC(=O)C(Cl)Cl. The Morgan fingerprint density at radius 1 is 0.857 bits per heavy atom. The van der Waals surface area contributed by atoms with Gasteiger partial charge in [-0.15, -0.1) is 0 Å². The van der Waals surface area contributed by atoms with E-state index >= 15 is 0 Å². The number of esters is 1. The first kappa shape index (κ1) is 21.0. The lowest BCUT2D eigenvalue weighted by atomic mass is 10.0. The molecule has 0 saturated carbocycles. The van der Waals surface area contributed by atoms with Gasteiger partial charge in [-0.1, -0.05) is 94.8 Å². The third kappa shape index (κ3) is 13.4.